The van der Waals surface area contributed by atoms with Crippen LogP contribution in [0.4, 0.5) is 0 Å². The van der Waals surface area contributed by atoms with Crippen molar-refractivity contribution in [1.29, 1.82) is 0 Å². The van der Waals surface area contributed by atoms with Crippen LogP contribution in [0.5, 0.6) is 0 Å². The third kappa shape index (κ3) is 4.03. The van der Waals surface area contributed by atoms with E-state index in [4.69, 9.17) is 0 Å². The van der Waals surface area contributed by atoms with Crippen molar-refractivity contribution >= 4 is 54.4 Å². The van der Waals surface area contributed by atoms with Gasteiger partial charge in [-0.2, -0.15) is 0 Å². The van der Waals surface area contributed by atoms with Crippen molar-refractivity contribution < 1.29 is 0 Å². The molecule has 210 valence electrons. The number of aromatic amines is 1. The minimum Gasteiger partial charge on any atom is -0.354 e. The molecule has 44 heavy (non-hydrogen) atoms. The molecule has 9 aromatic rings. The Hall–Kier alpha value is -5.60. The third-order valence-electron chi connectivity index (χ3n) is 8.72. The number of hydrogen-bond acceptors (Lipinski definition) is 0. The summed E-state index contributed by atoms with van der Waals surface area (Å²) in [5, 5.41) is 7.60. The van der Waals surface area contributed by atoms with E-state index < -0.39 is 0 Å². The van der Waals surface area contributed by atoms with Gasteiger partial charge >= 0.3 is 0 Å². The van der Waals surface area contributed by atoms with Crippen molar-refractivity contribution in [3.8, 4) is 27.9 Å². The summed E-state index contributed by atoms with van der Waals surface area (Å²) in [5.41, 5.74) is 10.9. The van der Waals surface area contributed by atoms with E-state index in [1.54, 1.807) is 0 Å². The molecule has 0 saturated carbocycles. The van der Waals surface area contributed by atoms with Crippen LogP contribution in [-0.2, 0) is 0 Å². The van der Waals surface area contributed by atoms with Crippen molar-refractivity contribution in [3.63, 3.8) is 0 Å². The van der Waals surface area contributed by atoms with Crippen molar-refractivity contribution in [1.82, 2.24) is 9.55 Å². The smallest absolute Gasteiger partial charge is 0.0619 e. The molecule has 9 rings (SSSR count). The lowest BCUT2D eigenvalue weighted by Crippen LogP contribution is -1.94. The Labute approximate surface area is 256 Å². The van der Waals surface area contributed by atoms with E-state index in [2.05, 4.69) is 161 Å². The van der Waals surface area contributed by atoms with E-state index in [0.29, 0.717) is 0 Å². The normalized spacial score (nSPS) is 11.4. The fourth-order valence-electron chi connectivity index (χ4n) is 6.78. The quantitative estimate of drug-likeness (QED) is 0.220. The molecule has 0 aliphatic rings. The Balaban J connectivity index is 0.00000142. The molecule has 0 spiro atoms. The molecule has 0 aliphatic carbocycles. The Morgan fingerprint density at radius 2 is 1.00 bits per heavy atom. The topological polar surface area (TPSA) is 20.7 Å². The van der Waals surface area contributed by atoms with Crippen LogP contribution in [0.15, 0.2) is 152 Å². The molecule has 7 aromatic carbocycles. The van der Waals surface area contributed by atoms with Gasteiger partial charge in [0, 0.05) is 43.7 Å². The summed E-state index contributed by atoms with van der Waals surface area (Å²) >= 11 is 0. The number of benzene rings is 7. The van der Waals surface area contributed by atoms with E-state index in [9.17, 15) is 0 Å². The highest BCUT2D eigenvalue weighted by Gasteiger charge is 2.17. The number of fused-ring (bicyclic) bond motifs is 8. The van der Waals surface area contributed by atoms with Crippen molar-refractivity contribution in [2.75, 3.05) is 0 Å². The lowest BCUT2D eigenvalue weighted by molar-refractivity contribution is 1.19. The summed E-state index contributed by atoms with van der Waals surface area (Å²) < 4.78 is 2.42. The SMILES string of the molecule is CC.c1ccc(-n2c3ccccc3c3cc(-c4ccc(-c5ccc6c(c5)[nH]c5ccccc56)cc4)c4ccccc4c32)cc1. The molecule has 0 radical (unpaired) electrons. The average molecular weight is 565 g/mol. The summed E-state index contributed by atoms with van der Waals surface area (Å²) in [7, 11) is 0. The monoisotopic (exact) mass is 564 g/mol. The van der Waals surface area contributed by atoms with Crippen LogP contribution in [0, 0.1) is 0 Å². The van der Waals surface area contributed by atoms with Gasteiger partial charge in [0.15, 0.2) is 0 Å². The van der Waals surface area contributed by atoms with E-state index in [1.165, 1.54) is 82.3 Å². The van der Waals surface area contributed by atoms with Gasteiger partial charge in [0.25, 0.3) is 0 Å². The molecule has 0 amide bonds. The van der Waals surface area contributed by atoms with Gasteiger partial charge in [-0.3, -0.25) is 0 Å². The fraction of sp³-hybridized carbons (Fsp3) is 0.0476. The average Bonchev–Trinajstić information content (AvgIpc) is 3.65. The van der Waals surface area contributed by atoms with E-state index in [0.717, 1.165) is 0 Å². The second-order valence-electron chi connectivity index (χ2n) is 11.1. The van der Waals surface area contributed by atoms with Crippen LogP contribution in [0.25, 0.3) is 82.3 Å². The summed E-state index contributed by atoms with van der Waals surface area (Å²) in [6.07, 6.45) is 0. The lowest BCUT2D eigenvalue weighted by atomic mass is 9.93. The van der Waals surface area contributed by atoms with Gasteiger partial charge in [-0.25, -0.2) is 0 Å². The van der Waals surface area contributed by atoms with Crippen LogP contribution in [0.2, 0.25) is 0 Å². The highest BCUT2D eigenvalue weighted by molar-refractivity contribution is 6.22. The molecule has 0 saturated heterocycles. The molecule has 2 heteroatoms. The van der Waals surface area contributed by atoms with Gasteiger partial charge in [0.1, 0.15) is 0 Å². The van der Waals surface area contributed by atoms with E-state index in [-0.39, 0.29) is 0 Å². The number of rotatable bonds is 3. The van der Waals surface area contributed by atoms with Gasteiger partial charge in [-0.1, -0.05) is 129 Å². The molecular formula is C42H32N2. The molecule has 0 fully saturated rings. The minimum atomic E-state index is 1.17. The zero-order valence-corrected chi connectivity index (χ0v) is 24.9. The Bertz CT molecular complexity index is 2440. The Morgan fingerprint density at radius 1 is 0.409 bits per heavy atom. The standard InChI is InChI=1S/C40H26N2.C2H6/c1-2-10-29(11-3-1)42-39-17-9-7-14-33(39)36-25-35(30-12-4-5-15-34(30)40(36)42)27-20-18-26(19-21-27)28-22-23-32-31-13-6-8-16-37(31)41-38(32)24-28;1-2/h1-25,41H;1-2H3. The van der Waals surface area contributed by atoms with Crippen LogP contribution < -0.4 is 0 Å². The van der Waals surface area contributed by atoms with Crippen molar-refractivity contribution in [2.24, 2.45) is 0 Å². The maximum absolute atomic E-state index is 3.59. The van der Waals surface area contributed by atoms with Gasteiger partial charge in [-0.05, 0) is 64.0 Å². The summed E-state index contributed by atoms with van der Waals surface area (Å²) in [6.45, 7) is 4.00. The molecule has 0 unspecified atom stereocenters. The third-order valence-corrected chi connectivity index (χ3v) is 8.72. The van der Waals surface area contributed by atoms with Gasteiger partial charge in [-0.15, -0.1) is 0 Å². The first-order chi connectivity index (χ1) is 21.8. The first-order valence-corrected chi connectivity index (χ1v) is 15.5. The fourth-order valence-corrected chi connectivity index (χ4v) is 6.78. The number of hydrogen-bond donors (Lipinski definition) is 1. The zero-order chi connectivity index (χ0) is 29.6. The summed E-state index contributed by atoms with van der Waals surface area (Å²) in [6, 6.07) is 55.0. The van der Waals surface area contributed by atoms with Crippen molar-refractivity contribution in [3.05, 3.63) is 152 Å². The van der Waals surface area contributed by atoms with Crippen LogP contribution in [0.1, 0.15) is 13.8 Å². The summed E-state index contributed by atoms with van der Waals surface area (Å²) in [5.74, 6) is 0. The largest absolute Gasteiger partial charge is 0.354 e. The minimum absolute atomic E-state index is 1.17. The predicted molar refractivity (Wildman–Crippen MR) is 190 cm³/mol. The Morgan fingerprint density at radius 3 is 1.80 bits per heavy atom. The van der Waals surface area contributed by atoms with E-state index in [1.807, 2.05) is 13.8 Å². The van der Waals surface area contributed by atoms with Crippen molar-refractivity contribution in [2.45, 2.75) is 13.8 Å². The number of H-pyrrole nitrogens is 1. The molecule has 0 atom stereocenters. The maximum atomic E-state index is 3.59. The summed E-state index contributed by atoms with van der Waals surface area (Å²) in [4.78, 5) is 3.59. The molecule has 2 aromatic heterocycles. The van der Waals surface area contributed by atoms with E-state index >= 15 is 0 Å². The predicted octanol–water partition coefficient (Wildman–Crippen LogP) is 11.9. The molecule has 0 aliphatic heterocycles. The first kappa shape index (κ1) is 26.1. The first-order valence-electron chi connectivity index (χ1n) is 15.5. The number of nitrogens with one attached hydrogen (secondary N) is 1. The highest BCUT2D eigenvalue weighted by Crippen LogP contribution is 2.41. The second kappa shape index (κ2) is 10.6. The Kier molecular flexibility index (Phi) is 6.27. The van der Waals surface area contributed by atoms with Crippen LogP contribution in [-0.4, -0.2) is 9.55 Å². The zero-order valence-electron chi connectivity index (χ0n) is 24.9. The molecule has 1 N–H and O–H groups in total. The number of nitrogens with zero attached hydrogens (tertiary/aromatic N) is 1. The van der Waals surface area contributed by atoms with Crippen LogP contribution >= 0.6 is 0 Å². The van der Waals surface area contributed by atoms with Gasteiger partial charge < -0.3 is 9.55 Å². The number of para-hydroxylation sites is 3. The molecule has 0 bridgehead atoms. The second-order valence-corrected chi connectivity index (χ2v) is 11.1. The van der Waals surface area contributed by atoms with Crippen LogP contribution in [0.3, 0.4) is 0 Å². The lowest BCUT2D eigenvalue weighted by Gasteiger charge is -2.13. The van der Waals surface area contributed by atoms with Gasteiger partial charge in [0.2, 0.25) is 0 Å². The molecular weight excluding hydrogens is 532 g/mol. The molecule has 2 heterocycles. The maximum Gasteiger partial charge on any atom is 0.0619 e. The van der Waals surface area contributed by atoms with Gasteiger partial charge in [0.05, 0.1) is 11.0 Å². The number of aromatic nitrogens is 2. The highest BCUT2D eigenvalue weighted by atomic mass is 15.0. The molecule has 2 nitrogen and oxygen atoms in total.